The summed E-state index contributed by atoms with van der Waals surface area (Å²) in [5, 5.41) is 12.7. The van der Waals surface area contributed by atoms with Crippen LogP contribution in [0.15, 0.2) is 30.5 Å². The average Bonchev–Trinajstić information content (AvgIpc) is 3.10. The van der Waals surface area contributed by atoms with Crippen molar-refractivity contribution in [3.8, 4) is 0 Å². The van der Waals surface area contributed by atoms with Crippen LogP contribution in [-0.2, 0) is 4.74 Å². The number of hydrogen-bond acceptors (Lipinski definition) is 5. The standard InChI is InChI=1S/C26H34ClN5O3/c1-5-21(28-24(33)15-6-8-17(27)9-7-15)23-19-10-18(11-20(19)23)32-14-22(29-30-32)16-12-31(13-16)25(34)35-26(2,3)4/h6-9,14,16,18-21,23H,5,10-13H2,1-4H3,(H,28,33)/t18-,19-,20+,21?,23+. The van der Waals surface area contributed by atoms with Gasteiger partial charge in [0.15, 0.2) is 0 Å². The van der Waals surface area contributed by atoms with E-state index in [0.717, 1.165) is 25.0 Å². The van der Waals surface area contributed by atoms with Crippen molar-refractivity contribution in [1.82, 2.24) is 25.2 Å². The Hall–Kier alpha value is -2.61. The Morgan fingerprint density at radius 2 is 1.83 bits per heavy atom. The molecule has 2 saturated carbocycles. The summed E-state index contributed by atoms with van der Waals surface area (Å²) in [7, 11) is 0. The maximum atomic E-state index is 12.7. The highest BCUT2D eigenvalue weighted by Gasteiger charge is 2.59. The van der Waals surface area contributed by atoms with Gasteiger partial charge in [-0.05, 0) is 82.1 Å². The van der Waals surface area contributed by atoms with Crippen LogP contribution >= 0.6 is 11.6 Å². The van der Waals surface area contributed by atoms with Gasteiger partial charge in [0, 0.05) is 41.8 Å². The fourth-order valence-electron chi connectivity index (χ4n) is 5.80. The molecule has 1 unspecified atom stereocenters. The Morgan fingerprint density at radius 3 is 2.43 bits per heavy atom. The normalized spacial score (nSPS) is 26.6. The molecule has 2 aromatic rings. The van der Waals surface area contributed by atoms with Crippen molar-refractivity contribution in [3.05, 3.63) is 46.7 Å². The minimum absolute atomic E-state index is 0.0307. The molecule has 0 spiro atoms. The SMILES string of the molecule is CCC(NC(=O)c1ccc(Cl)cc1)[C@H]1[C@@H]2C[C@@H](n3cc(C4CN(C(=O)OC(C)(C)C)C4)nn3)C[C@@H]21. The largest absolute Gasteiger partial charge is 0.444 e. The third-order valence-electron chi connectivity index (χ3n) is 7.67. The zero-order chi connectivity index (χ0) is 24.9. The molecule has 1 saturated heterocycles. The number of carbonyl (C=O) groups is 2. The van der Waals surface area contributed by atoms with Crippen LogP contribution in [0.25, 0.3) is 0 Å². The smallest absolute Gasteiger partial charge is 0.410 e. The molecule has 0 radical (unpaired) electrons. The Kier molecular flexibility index (Phi) is 6.28. The average molecular weight is 500 g/mol. The zero-order valence-corrected chi connectivity index (χ0v) is 21.5. The van der Waals surface area contributed by atoms with Crippen LogP contribution in [0.2, 0.25) is 5.02 Å². The van der Waals surface area contributed by atoms with E-state index in [2.05, 4.69) is 28.7 Å². The number of carbonyl (C=O) groups excluding carboxylic acids is 2. The lowest BCUT2D eigenvalue weighted by Crippen LogP contribution is -2.50. The second-order valence-corrected chi connectivity index (χ2v) is 11.7. The van der Waals surface area contributed by atoms with E-state index in [4.69, 9.17) is 16.3 Å². The first-order valence-electron chi connectivity index (χ1n) is 12.6. The molecule has 1 N–H and O–H groups in total. The van der Waals surface area contributed by atoms with Crippen molar-refractivity contribution in [2.75, 3.05) is 13.1 Å². The molecule has 3 aliphatic rings. The summed E-state index contributed by atoms with van der Waals surface area (Å²) in [5.41, 5.74) is 1.11. The number of ether oxygens (including phenoxy) is 1. The van der Waals surface area contributed by atoms with Crippen molar-refractivity contribution in [1.29, 1.82) is 0 Å². The number of nitrogens with one attached hydrogen (secondary N) is 1. The van der Waals surface area contributed by atoms with Gasteiger partial charge in [0.25, 0.3) is 5.91 Å². The van der Waals surface area contributed by atoms with Gasteiger partial charge >= 0.3 is 6.09 Å². The summed E-state index contributed by atoms with van der Waals surface area (Å²) in [4.78, 5) is 26.6. The van der Waals surface area contributed by atoms with Crippen LogP contribution < -0.4 is 5.32 Å². The fourth-order valence-corrected chi connectivity index (χ4v) is 5.92. The minimum atomic E-state index is -0.484. The topological polar surface area (TPSA) is 89.4 Å². The summed E-state index contributed by atoms with van der Waals surface area (Å²) < 4.78 is 7.45. The van der Waals surface area contributed by atoms with Crippen molar-refractivity contribution >= 4 is 23.6 Å². The lowest BCUT2D eigenvalue weighted by Gasteiger charge is -2.38. The quantitative estimate of drug-likeness (QED) is 0.623. The highest BCUT2D eigenvalue weighted by molar-refractivity contribution is 6.30. The first kappa shape index (κ1) is 24.1. The number of benzene rings is 1. The van der Waals surface area contributed by atoms with Gasteiger partial charge < -0.3 is 15.0 Å². The van der Waals surface area contributed by atoms with E-state index in [0.29, 0.717) is 47.5 Å². The highest BCUT2D eigenvalue weighted by atomic mass is 35.5. The van der Waals surface area contributed by atoms with E-state index in [9.17, 15) is 9.59 Å². The van der Waals surface area contributed by atoms with Crippen LogP contribution in [0.5, 0.6) is 0 Å². The molecule has 2 aliphatic carbocycles. The summed E-state index contributed by atoms with van der Waals surface area (Å²) in [6.45, 7) is 9.01. The zero-order valence-electron chi connectivity index (χ0n) is 20.8. The molecule has 9 heteroatoms. The van der Waals surface area contributed by atoms with Gasteiger partial charge in [-0.15, -0.1) is 5.10 Å². The van der Waals surface area contributed by atoms with Crippen molar-refractivity contribution < 1.29 is 14.3 Å². The van der Waals surface area contributed by atoms with Gasteiger partial charge in [-0.2, -0.15) is 0 Å². The molecular formula is C26H34ClN5O3. The number of hydrogen-bond donors (Lipinski definition) is 1. The van der Waals surface area contributed by atoms with Gasteiger partial charge in [0.1, 0.15) is 5.60 Å². The summed E-state index contributed by atoms with van der Waals surface area (Å²) in [6, 6.07) is 7.58. The molecule has 2 amide bonds. The van der Waals surface area contributed by atoms with Gasteiger partial charge in [0.05, 0.1) is 11.7 Å². The van der Waals surface area contributed by atoms with Gasteiger partial charge in [0.2, 0.25) is 0 Å². The van der Waals surface area contributed by atoms with Crippen LogP contribution in [0.1, 0.15) is 75.0 Å². The molecule has 1 aromatic carbocycles. The van der Waals surface area contributed by atoms with E-state index in [-0.39, 0.29) is 24.0 Å². The van der Waals surface area contributed by atoms with Gasteiger partial charge in [-0.1, -0.05) is 23.7 Å². The Balaban J connectivity index is 1.11. The first-order chi connectivity index (χ1) is 16.6. The van der Waals surface area contributed by atoms with E-state index in [1.807, 2.05) is 25.5 Å². The first-order valence-corrected chi connectivity index (χ1v) is 13.0. The van der Waals surface area contributed by atoms with Crippen molar-refractivity contribution in [3.63, 3.8) is 0 Å². The number of amides is 2. The van der Waals surface area contributed by atoms with Crippen LogP contribution in [0.3, 0.4) is 0 Å². The highest BCUT2D eigenvalue weighted by Crippen LogP contribution is 2.62. The van der Waals surface area contributed by atoms with E-state index in [1.165, 1.54) is 0 Å². The Morgan fingerprint density at radius 1 is 1.17 bits per heavy atom. The van der Waals surface area contributed by atoms with E-state index < -0.39 is 5.60 Å². The molecular weight excluding hydrogens is 466 g/mol. The monoisotopic (exact) mass is 499 g/mol. The summed E-state index contributed by atoms with van der Waals surface area (Å²) in [5.74, 6) is 1.96. The molecule has 0 bridgehead atoms. The van der Waals surface area contributed by atoms with E-state index >= 15 is 0 Å². The second kappa shape index (κ2) is 9.12. The van der Waals surface area contributed by atoms with Crippen molar-refractivity contribution in [2.45, 2.75) is 70.6 Å². The number of fused-ring (bicyclic) bond motifs is 1. The predicted molar refractivity (Wildman–Crippen MR) is 132 cm³/mol. The van der Waals surface area contributed by atoms with Crippen LogP contribution in [0.4, 0.5) is 4.79 Å². The summed E-state index contributed by atoms with van der Waals surface area (Å²) >= 11 is 5.94. The van der Waals surface area contributed by atoms with Gasteiger partial charge in [-0.25, -0.2) is 9.48 Å². The Labute approximate surface area is 211 Å². The number of nitrogens with zero attached hydrogens (tertiary/aromatic N) is 4. The molecule has 8 nitrogen and oxygen atoms in total. The number of likely N-dealkylation sites (tertiary alicyclic amines) is 1. The summed E-state index contributed by atoms with van der Waals surface area (Å²) in [6.07, 6.45) is 4.85. The minimum Gasteiger partial charge on any atom is -0.444 e. The molecule has 188 valence electrons. The molecule has 1 aromatic heterocycles. The molecule has 1 aliphatic heterocycles. The number of halogens is 1. The maximum Gasteiger partial charge on any atom is 0.410 e. The molecule has 5 atom stereocenters. The predicted octanol–water partition coefficient (Wildman–Crippen LogP) is 4.67. The third kappa shape index (κ3) is 5.03. The lowest BCUT2D eigenvalue weighted by atomic mass is 9.97. The molecule has 5 rings (SSSR count). The molecule has 2 heterocycles. The van der Waals surface area contributed by atoms with E-state index in [1.54, 1.807) is 29.2 Å². The Bertz CT molecular complexity index is 1080. The third-order valence-corrected chi connectivity index (χ3v) is 7.92. The van der Waals surface area contributed by atoms with Crippen LogP contribution in [-0.4, -0.2) is 56.6 Å². The maximum absolute atomic E-state index is 12.7. The molecule has 3 fully saturated rings. The van der Waals surface area contributed by atoms with Crippen molar-refractivity contribution in [2.24, 2.45) is 17.8 Å². The fraction of sp³-hybridized carbons (Fsp3) is 0.615. The van der Waals surface area contributed by atoms with Gasteiger partial charge in [-0.3, -0.25) is 4.79 Å². The van der Waals surface area contributed by atoms with Crippen LogP contribution in [0, 0.1) is 17.8 Å². The number of aromatic nitrogens is 3. The second-order valence-electron chi connectivity index (χ2n) is 11.2. The lowest BCUT2D eigenvalue weighted by molar-refractivity contribution is 0.00785. The molecule has 35 heavy (non-hydrogen) atoms. The number of rotatable bonds is 6.